The van der Waals surface area contributed by atoms with E-state index in [4.69, 9.17) is 5.11 Å². The summed E-state index contributed by atoms with van der Waals surface area (Å²) in [4.78, 5) is 24.1. The zero-order chi connectivity index (χ0) is 13.7. The Morgan fingerprint density at radius 3 is 2.78 bits per heavy atom. The Labute approximate surface area is 111 Å². The van der Waals surface area contributed by atoms with E-state index in [1.54, 1.807) is 11.8 Å². The quantitative estimate of drug-likeness (QED) is 0.674. The summed E-state index contributed by atoms with van der Waals surface area (Å²) in [7, 11) is 0. The van der Waals surface area contributed by atoms with Gasteiger partial charge in [-0.3, -0.25) is 0 Å². The molecule has 0 aromatic heterocycles. The van der Waals surface area contributed by atoms with Crippen LogP contribution in [0, 0.1) is 0 Å². The summed E-state index contributed by atoms with van der Waals surface area (Å²) in [5.74, 6) is 0.689. The first-order valence-corrected chi connectivity index (χ1v) is 7.16. The number of carboxylic acid groups (broad SMARTS) is 1. The fourth-order valence-corrected chi connectivity index (χ4v) is 2.57. The number of urea groups is 1. The molecule has 0 aromatic rings. The normalized spacial score (nSPS) is 24.9. The zero-order valence-corrected chi connectivity index (χ0v) is 11.4. The molecule has 3 N–H and O–H groups in total. The fraction of sp³-hybridized carbons (Fsp3) is 0.818. The van der Waals surface area contributed by atoms with Gasteiger partial charge in [0.25, 0.3) is 0 Å². The SMILES string of the molecule is CCSCC(C)NC(=O)N1C[C@H](O)C[C@H]1C(=O)O. The molecule has 1 rings (SSSR count). The van der Waals surface area contributed by atoms with Crippen molar-refractivity contribution in [3.05, 3.63) is 0 Å². The van der Waals surface area contributed by atoms with Crippen LogP contribution in [0.5, 0.6) is 0 Å². The van der Waals surface area contributed by atoms with Crippen LogP contribution in [0.3, 0.4) is 0 Å². The Balaban J connectivity index is 2.52. The van der Waals surface area contributed by atoms with Gasteiger partial charge < -0.3 is 20.4 Å². The largest absolute Gasteiger partial charge is 0.480 e. The molecule has 0 bridgehead atoms. The van der Waals surface area contributed by atoms with E-state index < -0.39 is 24.1 Å². The van der Waals surface area contributed by atoms with Gasteiger partial charge in [-0.15, -0.1) is 0 Å². The number of carbonyl (C=O) groups is 2. The molecule has 18 heavy (non-hydrogen) atoms. The summed E-state index contributed by atoms with van der Waals surface area (Å²) in [5.41, 5.74) is 0. The molecular formula is C11H20N2O4S. The Morgan fingerprint density at radius 1 is 1.56 bits per heavy atom. The smallest absolute Gasteiger partial charge is 0.326 e. The predicted octanol–water partition coefficient (Wildman–Crippen LogP) is 0.357. The average Bonchev–Trinajstić information content (AvgIpc) is 2.69. The van der Waals surface area contributed by atoms with Crippen LogP contribution in [-0.2, 0) is 4.79 Å². The van der Waals surface area contributed by atoms with Crippen molar-refractivity contribution in [2.24, 2.45) is 0 Å². The molecule has 1 saturated heterocycles. The van der Waals surface area contributed by atoms with Gasteiger partial charge in [-0.25, -0.2) is 9.59 Å². The predicted molar refractivity (Wildman–Crippen MR) is 69.7 cm³/mol. The zero-order valence-electron chi connectivity index (χ0n) is 10.6. The summed E-state index contributed by atoms with van der Waals surface area (Å²) in [6, 6.07) is -1.36. The summed E-state index contributed by atoms with van der Waals surface area (Å²) in [6.45, 7) is 4.00. The van der Waals surface area contributed by atoms with Gasteiger partial charge in [0.2, 0.25) is 0 Å². The maximum Gasteiger partial charge on any atom is 0.326 e. The number of carboxylic acids is 1. The van der Waals surface area contributed by atoms with E-state index in [9.17, 15) is 14.7 Å². The van der Waals surface area contributed by atoms with Crippen molar-refractivity contribution in [3.8, 4) is 0 Å². The van der Waals surface area contributed by atoms with Crippen LogP contribution in [0.4, 0.5) is 4.79 Å². The molecule has 0 saturated carbocycles. The Kier molecular flexibility index (Phi) is 5.74. The molecule has 2 amide bonds. The summed E-state index contributed by atoms with van der Waals surface area (Å²) >= 11 is 1.71. The molecule has 3 atom stereocenters. The van der Waals surface area contributed by atoms with Gasteiger partial charge in [-0.2, -0.15) is 11.8 Å². The first-order valence-electron chi connectivity index (χ1n) is 6.01. The number of hydrogen-bond acceptors (Lipinski definition) is 4. The molecule has 1 fully saturated rings. The lowest BCUT2D eigenvalue weighted by molar-refractivity contribution is -0.141. The van der Waals surface area contributed by atoms with E-state index in [0.29, 0.717) is 0 Å². The van der Waals surface area contributed by atoms with Crippen LogP contribution in [0.25, 0.3) is 0 Å². The van der Waals surface area contributed by atoms with Crippen LogP contribution >= 0.6 is 11.8 Å². The van der Waals surface area contributed by atoms with Gasteiger partial charge in [0.15, 0.2) is 0 Å². The average molecular weight is 276 g/mol. The van der Waals surface area contributed by atoms with Gasteiger partial charge >= 0.3 is 12.0 Å². The Morgan fingerprint density at radius 2 is 2.22 bits per heavy atom. The van der Waals surface area contributed by atoms with E-state index in [0.717, 1.165) is 11.5 Å². The maximum atomic E-state index is 11.9. The molecule has 6 nitrogen and oxygen atoms in total. The van der Waals surface area contributed by atoms with Crippen LogP contribution in [-0.4, -0.2) is 63.4 Å². The van der Waals surface area contributed by atoms with Crippen molar-refractivity contribution in [2.45, 2.75) is 38.5 Å². The molecule has 1 heterocycles. The minimum atomic E-state index is -1.07. The lowest BCUT2D eigenvalue weighted by atomic mass is 10.2. The molecule has 0 aliphatic carbocycles. The number of aliphatic hydroxyl groups is 1. The van der Waals surface area contributed by atoms with Gasteiger partial charge in [0.1, 0.15) is 6.04 Å². The number of carbonyl (C=O) groups excluding carboxylic acids is 1. The number of rotatable bonds is 5. The van der Waals surface area contributed by atoms with Gasteiger partial charge in [-0.05, 0) is 12.7 Å². The first kappa shape index (κ1) is 15.1. The van der Waals surface area contributed by atoms with Crippen molar-refractivity contribution in [1.29, 1.82) is 0 Å². The second-order valence-electron chi connectivity index (χ2n) is 4.41. The third-order valence-corrected chi connectivity index (χ3v) is 3.91. The first-order chi connectivity index (χ1) is 8.45. The molecule has 1 aliphatic heterocycles. The number of thioether (sulfide) groups is 1. The standard InChI is InChI=1S/C11H20N2O4S/c1-3-18-6-7(2)12-11(17)13-5-8(14)4-9(13)10(15)16/h7-9,14H,3-6H2,1-2H3,(H,12,17)(H,15,16)/t7?,8-,9+/m1/s1. The molecule has 7 heteroatoms. The third kappa shape index (κ3) is 4.06. The molecule has 1 aliphatic rings. The number of amides is 2. The minimum absolute atomic E-state index is 0.0189. The summed E-state index contributed by atoms with van der Waals surface area (Å²) in [6.07, 6.45) is -0.655. The molecule has 0 spiro atoms. The number of β-amino-alcohol motifs (C(OH)–C–C–N with tert-alkyl or cyclic N) is 1. The topological polar surface area (TPSA) is 89.9 Å². The maximum absolute atomic E-state index is 11.9. The van der Waals surface area contributed by atoms with Crippen molar-refractivity contribution >= 4 is 23.8 Å². The minimum Gasteiger partial charge on any atom is -0.480 e. The summed E-state index contributed by atoms with van der Waals surface area (Å²) in [5, 5.41) is 21.2. The van der Waals surface area contributed by atoms with Crippen molar-refractivity contribution in [1.82, 2.24) is 10.2 Å². The Bertz CT molecular complexity index is 313. The van der Waals surface area contributed by atoms with Crippen LogP contribution in [0.15, 0.2) is 0 Å². The van der Waals surface area contributed by atoms with Crippen molar-refractivity contribution < 1.29 is 19.8 Å². The lowest BCUT2D eigenvalue weighted by Gasteiger charge is -2.24. The molecule has 0 radical (unpaired) electrons. The Hall–Kier alpha value is -0.950. The highest BCUT2D eigenvalue weighted by molar-refractivity contribution is 7.99. The van der Waals surface area contributed by atoms with Gasteiger partial charge in [0.05, 0.1) is 6.10 Å². The number of likely N-dealkylation sites (tertiary alicyclic amines) is 1. The number of hydrogen-bond donors (Lipinski definition) is 3. The van der Waals surface area contributed by atoms with E-state index in [2.05, 4.69) is 5.32 Å². The monoisotopic (exact) mass is 276 g/mol. The number of nitrogens with one attached hydrogen (secondary N) is 1. The fourth-order valence-electron chi connectivity index (χ4n) is 1.90. The lowest BCUT2D eigenvalue weighted by Crippen LogP contribution is -2.49. The number of aliphatic carboxylic acids is 1. The van der Waals surface area contributed by atoms with Crippen LogP contribution < -0.4 is 5.32 Å². The third-order valence-electron chi connectivity index (χ3n) is 2.77. The van der Waals surface area contributed by atoms with Crippen molar-refractivity contribution in [3.63, 3.8) is 0 Å². The molecular weight excluding hydrogens is 256 g/mol. The van der Waals surface area contributed by atoms with Crippen LogP contribution in [0.2, 0.25) is 0 Å². The van der Waals surface area contributed by atoms with E-state index >= 15 is 0 Å². The van der Waals surface area contributed by atoms with Gasteiger partial charge in [-0.1, -0.05) is 6.92 Å². The second kappa shape index (κ2) is 6.84. The van der Waals surface area contributed by atoms with Gasteiger partial charge in [0, 0.05) is 24.8 Å². The number of nitrogens with zero attached hydrogens (tertiary/aromatic N) is 1. The molecule has 104 valence electrons. The highest BCUT2D eigenvalue weighted by atomic mass is 32.2. The van der Waals surface area contributed by atoms with E-state index in [-0.39, 0.29) is 19.0 Å². The summed E-state index contributed by atoms with van der Waals surface area (Å²) < 4.78 is 0. The second-order valence-corrected chi connectivity index (χ2v) is 5.72. The molecule has 1 unspecified atom stereocenters. The highest BCUT2D eigenvalue weighted by Crippen LogP contribution is 2.18. The highest BCUT2D eigenvalue weighted by Gasteiger charge is 2.39. The van der Waals surface area contributed by atoms with Crippen molar-refractivity contribution in [2.75, 3.05) is 18.1 Å². The van der Waals surface area contributed by atoms with E-state index in [1.165, 1.54) is 4.90 Å². The van der Waals surface area contributed by atoms with Crippen LogP contribution in [0.1, 0.15) is 20.3 Å². The molecule has 0 aromatic carbocycles. The van der Waals surface area contributed by atoms with E-state index in [1.807, 2.05) is 13.8 Å². The number of aliphatic hydroxyl groups excluding tert-OH is 1.